The minimum Gasteiger partial charge on any atom is -0.310 e. The van der Waals surface area contributed by atoms with E-state index in [1.807, 2.05) is 12.3 Å². The maximum Gasteiger partial charge on any atom is 0.271 e. The summed E-state index contributed by atoms with van der Waals surface area (Å²) in [5.41, 5.74) is 1.62. The van der Waals surface area contributed by atoms with Gasteiger partial charge in [-0.3, -0.25) is 4.72 Å². The fraction of sp³-hybridized carbons (Fsp3) is 0.385. The Hall–Kier alpha value is -0.890. The molecule has 0 spiro atoms. The van der Waals surface area contributed by atoms with Crippen LogP contribution in [0.2, 0.25) is 0 Å². The molecule has 0 saturated carbocycles. The van der Waals surface area contributed by atoms with Crippen LogP contribution in [0.15, 0.2) is 27.1 Å². The van der Waals surface area contributed by atoms with Crippen LogP contribution in [0.25, 0.3) is 0 Å². The highest BCUT2D eigenvalue weighted by atomic mass is 32.2. The van der Waals surface area contributed by atoms with E-state index in [0.29, 0.717) is 22.5 Å². The minimum absolute atomic E-state index is 0.363. The number of anilines is 1. The summed E-state index contributed by atoms with van der Waals surface area (Å²) < 4.78 is 27.5. The largest absolute Gasteiger partial charge is 0.310 e. The zero-order valence-electron chi connectivity index (χ0n) is 11.6. The third-order valence-corrected chi connectivity index (χ3v) is 6.48. The predicted octanol–water partition coefficient (Wildman–Crippen LogP) is 3.42. The van der Waals surface area contributed by atoms with Crippen molar-refractivity contribution in [2.24, 2.45) is 0 Å². The quantitative estimate of drug-likeness (QED) is 0.853. The summed E-state index contributed by atoms with van der Waals surface area (Å²) in [5.74, 6) is 0. The Labute approximate surface area is 127 Å². The first-order chi connectivity index (χ1) is 9.38. The summed E-state index contributed by atoms with van der Waals surface area (Å²) in [6.45, 7) is 6.77. The van der Waals surface area contributed by atoms with E-state index >= 15 is 0 Å². The highest BCUT2D eigenvalue weighted by molar-refractivity contribution is 7.94. The summed E-state index contributed by atoms with van der Waals surface area (Å²) >= 11 is 2.78. The number of aryl methyl sites for hydroxylation is 1. The molecule has 0 aliphatic rings. The number of hydrogen-bond acceptors (Lipinski definition) is 5. The van der Waals surface area contributed by atoms with Crippen molar-refractivity contribution in [1.29, 1.82) is 0 Å². The van der Waals surface area contributed by atoms with E-state index in [1.54, 1.807) is 17.5 Å². The van der Waals surface area contributed by atoms with Gasteiger partial charge in [-0.1, -0.05) is 13.8 Å². The van der Waals surface area contributed by atoms with Crippen LogP contribution in [0.5, 0.6) is 0 Å². The number of nitrogens with one attached hydrogen (secondary N) is 2. The van der Waals surface area contributed by atoms with E-state index in [4.69, 9.17) is 0 Å². The van der Waals surface area contributed by atoms with Crippen LogP contribution in [0.3, 0.4) is 0 Å². The molecule has 2 N–H and O–H groups in total. The Kier molecular flexibility index (Phi) is 4.85. The van der Waals surface area contributed by atoms with Crippen molar-refractivity contribution in [3.8, 4) is 0 Å². The van der Waals surface area contributed by atoms with Crippen molar-refractivity contribution in [3.63, 3.8) is 0 Å². The van der Waals surface area contributed by atoms with E-state index in [2.05, 4.69) is 23.9 Å². The van der Waals surface area contributed by atoms with Crippen LogP contribution in [0, 0.1) is 6.92 Å². The Balaban J connectivity index is 2.18. The molecule has 0 aliphatic carbocycles. The summed E-state index contributed by atoms with van der Waals surface area (Å²) in [4.78, 5) is 1.06. The van der Waals surface area contributed by atoms with E-state index < -0.39 is 10.0 Å². The van der Waals surface area contributed by atoms with Crippen molar-refractivity contribution >= 4 is 38.4 Å². The van der Waals surface area contributed by atoms with Gasteiger partial charge < -0.3 is 5.32 Å². The first-order valence-corrected chi connectivity index (χ1v) is 9.50. The first-order valence-electron chi connectivity index (χ1n) is 6.26. The maximum absolute atomic E-state index is 12.3. The molecule has 0 radical (unpaired) electrons. The molecule has 7 heteroatoms. The van der Waals surface area contributed by atoms with Gasteiger partial charge >= 0.3 is 0 Å². The molecular weight excluding hydrogens is 312 g/mol. The monoisotopic (exact) mass is 330 g/mol. The molecule has 0 unspecified atom stereocenters. The third-order valence-electron chi connectivity index (χ3n) is 2.71. The summed E-state index contributed by atoms with van der Waals surface area (Å²) in [6.07, 6.45) is 0. The maximum atomic E-state index is 12.3. The van der Waals surface area contributed by atoms with Crippen LogP contribution in [-0.4, -0.2) is 14.5 Å². The standard InChI is InChI=1S/C13H18N2O2S3/c1-9(2)14-7-12-10(3)6-13(19-12)20(16,17)15-11-4-5-18-8-11/h4-6,8-9,14-15H,7H2,1-3H3. The van der Waals surface area contributed by atoms with Crippen LogP contribution < -0.4 is 10.0 Å². The predicted molar refractivity (Wildman–Crippen MR) is 86.2 cm³/mol. The second-order valence-corrected chi connectivity index (χ2v) is 8.65. The van der Waals surface area contributed by atoms with Gasteiger partial charge in [0.15, 0.2) is 0 Å². The highest BCUT2D eigenvalue weighted by Crippen LogP contribution is 2.28. The van der Waals surface area contributed by atoms with Crippen LogP contribution in [-0.2, 0) is 16.6 Å². The third kappa shape index (κ3) is 3.82. The molecule has 0 aromatic carbocycles. The summed E-state index contributed by atoms with van der Waals surface area (Å²) in [5, 5.41) is 6.93. The Morgan fingerprint density at radius 1 is 1.35 bits per heavy atom. The first kappa shape index (κ1) is 15.5. The minimum atomic E-state index is -3.48. The SMILES string of the molecule is Cc1cc(S(=O)(=O)Nc2ccsc2)sc1CNC(C)C. The molecule has 110 valence electrons. The number of thiophene rings is 2. The number of rotatable bonds is 6. The topological polar surface area (TPSA) is 58.2 Å². The lowest BCUT2D eigenvalue weighted by Gasteiger charge is -2.06. The average Bonchev–Trinajstić information content (AvgIpc) is 2.96. The zero-order valence-corrected chi connectivity index (χ0v) is 14.1. The van der Waals surface area contributed by atoms with Gasteiger partial charge in [0.05, 0.1) is 5.69 Å². The Morgan fingerprint density at radius 2 is 2.10 bits per heavy atom. The lowest BCUT2D eigenvalue weighted by atomic mass is 10.3. The lowest BCUT2D eigenvalue weighted by molar-refractivity contribution is 0.592. The second-order valence-electron chi connectivity index (χ2n) is 4.82. The van der Waals surface area contributed by atoms with Gasteiger partial charge in [-0.2, -0.15) is 11.3 Å². The van der Waals surface area contributed by atoms with Crippen LogP contribution in [0.4, 0.5) is 5.69 Å². The Bertz CT molecular complexity index is 658. The molecule has 0 amide bonds. The van der Waals surface area contributed by atoms with Crippen molar-refractivity contribution in [2.75, 3.05) is 4.72 Å². The number of sulfonamides is 1. The van der Waals surface area contributed by atoms with Gasteiger partial charge in [0.1, 0.15) is 4.21 Å². The Morgan fingerprint density at radius 3 is 2.70 bits per heavy atom. The fourth-order valence-electron chi connectivity index (χ4n) is 1.62. The van der Waals surface area contributed by atoms with Crippen LogP contribution in [0.1, 0.15) is 24.3 Å². The molecule has 2 aromatic heterocycles. The van der Waals surface area contributed by atoms with Gasteiger partial charge in [-0.25, -0.2) is 8.42 Å². The van der Waals surface area contributed by atoms with Gasteiger partial charge in [-0.05, 0) is 30.0 Å². The summed E-state index contributed by atoms with van der Waals surface area (Å²) in [7, 11) is -3.48. The van der Waals surface area contributed by atoms with Gasteiger partial charge in [0, 0.05) is 22.8 Å². The van der Waals surface area contributed by atoms with E-state index in [9.17, 15) is 8.42 Å². The number of hydrogen-bond donors (Lipinski definition) is 2. The van der Waals surface area contributed by atoms with Crippen molar-refractivity contribution in [2.45, 2.75) is 37.6 Å². The van der Waals surface area contributed by atoms with Gasteiger partial charge in [0.25, 0.3) is 10.0 Å². The fourth-order valence-corrected chi connectivity index (χ4v) is 4.87. The molecule has 4 nitrogen and oxygen atoms in total. The molecule has 0 bridgehead atoms. The summed E-state index contributed by atoms with van der Waals surface area (Å²) in [6, 6.07) is 3.86. The van der Waals surface area contributed by atoms with Crippen molar-refractivity contribution in [1.82, 2.24) is 5.32 Å². The van der Waals surface area contributed by atoms with Crippen molar-refractivity contribution < 1.29 is 8.42 Å². The molecule has 0 atom stereocenters. The van der Waals surface area contributed by atoms with E-state index in [-0.39, 0.29) is 0 Å². The van der Waals surface area contributed by atoms with Crippen molar-refractivity contribution in [3.05, 3.63) is 33.3 Å². The molecule has 2 heterocycles. The molecule has 0 aliphatic heterocycles. The molecule has 0 saturated heterocycles. The second kappa shape index (κ2) is 6.26. The molecule has 2 rings (SSSR count). The lowest BCUT2D eigenvalue weighted by Crippen LogP contribution is -2.21. The molecular formula is C13H18N2O2S3. The highest BCUT2D eigenvalue weighted by Gasteiger charge is 2.19. The zero-order chi connectivity index (χ0) is 14.8. The van der Waals surface area contributed by atoms with Gasteiger partial charge in [-0.15, -0.1) is 11.3 Å². The molecule has 2 aromatic rings. The normalized spacial score (nSPS) is 12.0. The van der Waals surface area contributed by atoms with E-state index in [0.717, 1.165) is 10.4 Å². The van der Waals surface area contributed by atoms with Crippen LogP contribution >= 0.6 is 22.7 Å². The molecule has 0 fully saturated rings. The smallest absolute Gasteiger partial charge is 0.271 e. The van der Waals surface area contributed by atoms with E-state index in [1.165, 1.54) is 22.7 Å². The molecule has 20 heavy (non-hydrogen) atoms. The van der Waals surface area contributed by atoms with Gasteiger partial charge in [0.2, 0.25) is 0 Å². The average molecular weight is 331 g/mol.